The molecule has 0 unspecified atom stereocenters. The van der Waals surface area contributed by atoms with Crippen LogP contribution in [0.25, 0.3) is 67.6 Å². The maximum Gasteiger partial charge on any atom is 0.258 e. The van der Waals surface area contributed by atoms with E-state index in [9.17, 15) is 23.6 Å². The van der Waals surface area contributed by atoms with E-state index in [-0.39, 0.29) is 40.2 Å². The Morgan fingerprint density at radius 2 is 0.875 bits per heavy atom. The van der Waals surface area contributed by atoms with Crippen LogP contribution in [0.3, 0.4) is 0 Å². The number of aryl methyl sites for hydroxylation is 1. The zero-order valence-electron chi connectivity index (χ0n) is 64.5. The summed E-state index contributed by atoms with van der Waals surface area (Å²) < 4.78 is 69.0. The van der Waals surface area contributed by atoms with Gasteiger partial charge in [0.1, 0.15) is 46.3 Å². The van der Waals surface area contributed by atoms with Crippen LogP contribution in [-0.4, -0.2) is 190 Å². The number of likely N-dealkylation sites (N-methyl/N-ethyl adjacent to an activating group) is 2. The molecule has 4 aromatic carbocycles. The number of piperidine rings is 1. The van der Waals surface area contributed by atoms with Crippen LogP contribution < -0.4 is 90.6 Å². The maximum atomic E-state index is 14.0. The molecule has 584 valence electrons. The van der Waals surface area contributed by atoms with Gasteiger partial charge in [-0.2, -0.15) is 0 Å². The molecular formula is C84H93FN14O13. The van der Waals surface area contributed by atoms with Crippen LogP contribution in [0.15, 0.2) is 183 Å². The van der Waals surface area contributed by atoms with Crippen molar-refractivity contribution in [1.29, 1.82) is 0 Å². The highest BCUT2D eigenvalue weighted by Gasteiger charge is 2.25. The number of methoxy groups -OCH3 is 7. The number of benzene rings is 4. The molecule has 8 aromatic heterocycles. The van der Waals surface area contributed by atoms with Crippen molar-refractivity contribution in [1.82, 2.24) is 58.4 Å². The second-order valence-corrected chi connectivity index (χ2v) is 27.6. The summed E-state index contributed by atoms with van der Waals surface area (Å²) in [7, 11) is 15.1. The minimum atomic E-state index is -0.486. The summed E-state index contributed by atoms with van der Waals surface area (Å²) in [5.41, 5.74) is 9.81. The van der Waals surface area contributed by atoms with Gasteiger partial charge < -0.3 is 73.3 Å². The van der Waals surface area contributed by atoms with Crippen molar-refractivity contribution in [2.75, 3.05) is 139 Å². The molecule has 0 bridgehead atoms. The first-order chi connectivity index (χ1) is 54.4. The minimum Gasteiger partial charge on any atom is -0.494 e. The van der Waals surface area contributed by atoms with Gasteiger partial charge in [0, 0.05) is 105 Å². The Labute approximate surface area is 646 Å². The zero-order valence-corrected chi connectivity index (χ0v) is 64.5. The van der Waals surface area contributed by atoms with Gasteiger partial charge in [0.15, 0.2) is 46.1 Å². The Hall–Kier alpha value is -12.1. The van der Waals surface area contributed by atoms with Crippen molar-refractivity contribution in [2.24, 2.45) is 0 Å². The molecule has 0 radical (unpaired) electrons. The molecular weight excluding hydrogens is 1430 g/mol. The van der Waals surface area contributed by atoms with Gasteiger partial charge in [-0.15, -0.1) is 0 Å². The maximum absolute atomic E-state index is 14.0. The second-order valence-electron chi connectivity index (χ2n) is 27.6. The Kier molecular flexibility index (Phi) is 24.9. The number of hydrogen-bond acceptors (Lipinski definition) is 23. The molecule has 27 nitrogen and oxygen atoms in total. The summed E-state index contributed by atoms with van der Waals surface area (Å²) in [6, 6.07) is 40.7. The van der Waals surface area contributed by atoms with Crippen molar-refractivity contribution in [3.8, 4) is 96.8 Å². The van der Waals surface area contributed by atoms with E-state index in [1.807, 2.05) is 92.1 Å². The quantitative estimate of drug-likeness (QED) is 0.0721. The number of aromatic nitrogens is 8. The van der Waals surface area contributed by atoms with E-state index in [0.29, 0.717) is 103 Å². The standard InChI is InChI=1S/C22H26N4O3.C21H23FN4O2.C21H23N3O4.C20H21N3O4/c1-15-11-17(25-9-4-7-23-8-10-25)14-26-21(27)13-18(24-22(15)26)16-5-6-19(28-2)20(12-16)29-3;1-24-9-8-16(12-24)25(2)15-5-7-20-23-18(11-21(27)26(20)13-15)14-4-6-19(28-3)17(22)10-14;1-26-18-5-3-14(11-19(18)27-2)17-12-21(25)24-13-16(4-6-20(24)23-17)28-15-7-9-22-10-8-15;1-25-17-5-3-13(9-18(17)26-2)16-10-20(24)23-12-15(4-6-19(23)22-16)27-14-7-8-21-11-14/h5-6,11-14,23H,4,7-10H2,1-3H3;4-7,10-11,13,16H,8-9,12H2,1-3H3;3-6,11-13,15,22H,7-10H2,1-2H3;3-6,9-10,12,14,21H,7-8,11H2,1-2H3/t;16-;;14-/m.1.0/s1. The van der Waals surface area contributed by atoms with E-state index in [1.165, 1.54) is 50.6 Å². The molecule has 0 amide bonds. The summed E-state index contributed by atoms with van der Waals surface area (Å²) >= 11 is 0. The van der Waals surface area contributed by atoms with Gasteiger partial charge in [-0.25, -0.2) is 24.3 Å². The number of anilines is 2. The second kappa shape index (κ2) is 35.7. The van der Waals surface area contributed by atoms with Crippen molar-refractivity contribution in [3.05, 3.63) is 217 Å². The minimum absolute atomic E-state index is 0.0994. The smallest absolute Gasteiger partial charge is 0.258 e. The molecule has 2 atom stereocenters. The molecule has 4 aliphatic rings. The summed E-state index contributed by atoms with van der Waals surface area (Å²) in [6.07, 6.45) is 12.5. The Bertz CT molecular complexity index is 5600. The van der Waals surface area contributed by atoms with E-state index >= 15 is 0 Å². The Balaban J connectivity index is 0.000000131. The number of nitrogens with one attached hydrogen (secondary N) is 3. The van der Waals surface area contributed by atoms with Crippen LogP contribution in [0, 0.1) is 12.7 Å². The number of fused-ring (bicyclic) bond motifs is 4. The average Bonchev–Trinajstić information content (AvgIpc) is 0.906. The van der Waals surface area contributed by atoms with Crippen molar-refractivity contribution >= 4 is 34.0 Å². The molecule has 0 saturated carbocycles. The number of likely N-dealkylation sites (tertiary alicyclic amines) is 1. The lowest BCUT2D eigenvalue weighted by Gasteiger charge is -2.26. The number of nitrogens with zero attached hydrogens (tertiary/aromatic N) is 11. The van der Waals surface area contributed by atoms with Crippen LogP contribution in [0.1, 0.15) is 37.7 Å². The van der Waals surface area contributed by atoms with E-state index < -0.39 is 5.82 Å². The molecule has 12 heterocycles. The first kappa shape index (κ1) is 78.0. The van der Waals surface area contributed by atoms with Gasteiger partial charge in [-0.3, -0.25) is 36.8 Å². The number of ether oxygens (including phenoxy) is 9. The number of pyridine rings is 4. The molecule has 3 N–H and O–H groups in total. The SMILES string of the molecule is COc1ccc(-c2cc(=O)n3cc(N(C)[C@@H]4CCN(C)C4)ccc3n2)cc1F.COc1ccc(-c2cc(=O)n3cc(N4CCCNCC4)cc(C)c3n2)cc1OC.COc1ccc(-c2cc(=O)n3cc(OC4CCNCC4)ccc3n2)cc1OC.COc1ccc(-c2cc(=O)n3cc(O[C@H]4CCNC4)ccc3n2)cc1OC. The van der Waals surface area contributed by atoms with E-state index in [4.69, 9.17) is 47.6 Å². The average molecular weight is 1530 g/mol. The van der Waals surface area contributed by atoms with E-state index in [2.05, 4.69) is 65.8 Å². The summed E-state index contributed by atoms with van der Waals surface area (Å²) in [5, 5.41) is 9.99. The Morgan fingerprint density at radius 1 is 0.429 bits per heavy atom. The largest absolute Gasteiger partial charge is 0.494 e. The summed E-state index contributed by atoms with van der Waals surface area (Å²) in [6.45, 7) is 11.6. The third-order valence-corrected chi connectivity index (χ3v) is 20.3. The lowest BCUT2D eigenvalue weighted by molar-refractivity contribution is 0.162. The highest BCUT2D eigenvalue weighted by atomic mass is 19.1. The summed E-state index contributed by atoms with van der Waals surface area (Å²) in [4.78, 5) is 76.4. The van der Waals surface area contributed by atoms with Gasteiger partial charge in [0.2, 0.25) is 0 Å². The molecule has 4 saturated heterocycles. The number of hydrogen-bond donors (Lipinski definition) is 3. The lowest BCUT2D eigenvalue weighted by Crippen LogP contribution is -2.34. The predicted molar refractivity (Wildman–Crippen MR) is 431 cm³/mol. The third-order valence-electron chi connectivity index (χ3n) is 20.3. The number of halogens is 1. The highest BCUT2D eigenvalue weighted by molar-refractivity contribution is 5.70. The van der Waals surface area contributed by atoms with Gasteiger partial charge in [-0.05, 0) is 200 Å². The molecule has 16 rings (SSSR count). The highest BCUT2D eigenvalue weighted by Crippen LogP contribution is 2.36. The lowest BCUT2D eigenvalue weighted by atomic mass is 10.1. The van der Waals surface area contributed by atoms with Gasteiger partial charge >= 0.3 is 0 Å². The van der Waals surface area contributed by atoms with Crippen molar-refractivity contribution < 1.29 is 47.0 Å². The molecule has 0 aliphatic carbocycles. The van der Waals surface area contributed by atoms with Gasteiger partial charge in [0.25, 0.3) is 22.2 Å². The van der Waals surface area contributed by atoms with Gasteiger partial charge in [-0.1, -0.05) is 0 Å². The fourth-order valence-electron chi connectivity index (χ4n) is 14.1. The third kappa shape index (κ3) is 18.0. The predicted octanol–water partition coefficient (Wildman–Crippen LogP) is 9.77. The first-order valence-corrected chi connectivity index (χ1v) is 37.2. The molecule has 0 spiro atoms. The molecule has 12 aromatic rings. The normalized spacial score (nSPS) is 15.8. The van der Waals surface area contributed by atoms with E-state index in [0.717, 1.165) is 131 Å². The van der Waals surface area contributed by atoms with Crippen LogP contribution in [-0.2, 0) is 0 Å². The molecule has 4 fully saturated rings. The summed E-state index contributed by atoms with van der Waals surface area (Å²) in [5.74, 6) is 4.70. The van der Waals surface area contributed by atoms with Crippen LogP contribution in [0.4, 0.5) is 15.8 Å². The van der Waals surface area contributed by atoms with Crippen LogP contribution >= 0.6 is 0 Å². The van der Waals surface area contributed by atoms with Crippen LogP contribution in [0.2, 0.25) is 0 Å². The zero-order chi connectivity index (χ0) is 78.5. The van der Waals surface area contributed by atoms with Crippen molar-refractivity contribution in [3.63, 3.8) is 0 Å². The molecule has 4 aliphatic heterocycles. The molecule has 28 heteroatoms. The Morgan fingerprint density at radius 3 is 1.36 bits per heavy atom. The van der Waals surface area contributed by atoms with E-state index in [1.54, 1.807) is 89.8 Å². The first-order valence-electron chi connectivity index (χ1n) is 37.2. The topological polar surface area (TPSA) is 266 Å². The fourth-order valence-corrected chi connectivity index (χ4v) is 14.1. The number of rotatable bonds is 18. The van der Waals surface area contributed by atoms with Crippen LogP contribution in [0.5, 0.6) is 51.7 Å². The monoisotopic (exact) mass is 1520 g/mol. The fraction of sp³-hybridized carbons (Fsp3) is 0.333. The molecule has 112 heavy (non-hydrogen) atoms. The van der Waals surface area contributed by atoms with Crippen molar-refractivity contribution in [2.45, 2.75) is 57.3 Å². The van der Waals surface area contributed by atoms with Gasteiger partial charge in [0.05, 0.1) is 96.3 Å².